The number of carbonyl (C=O) groups excluding carboxylic acids is 1. The van der Waals surface area contributed by atoms with Crippen molar-refractivity contribution in [1.29, 1.82) is 0 Å². The van der Waals surface area contributed by atoms with Crippen LogP contribution in [0, 0.1) is 0 Å². The maximum absolute atomic E-state index is 12.1. The number of amides is 1. The molecule has 2 rings (SSSR count). The maximum atomic E-state index is 12.1. The molecular formula is C14H14BrNOS. The molecule has 0 fully saturated rings. The minimum Gasteiger partial charge on any atom is -0.321 e. The fourth-order valence-electron chi connectivity index (χ4n) is 1.73. The first-order valence-electron chi connectivity index (χ1n) is 5.73. The Labute approximate surface area is 119 Å². The van der Waals surface area contributed by atoms with Gasteiger partial charge >= 0.3 is 0 Å². The van der Waals surface area contributed by atoms with Gasteiger partial charge in [0.1, 0.15) is 0 Å². The normalized spacial score (nSPS) is 10.7. The van der Waals surface area contributed by atoms with E-state index in [0.29, 0.717) is 10.8 Å². The molecule has 1 heterocycles. The molecule has 1 aromatic carbocycles. The van der Waals surface area contributed by atoms with E-state index in [0.717, 1.165) is 15.0 Å². The Morgan fingerprint density at radius 3 is 2.56 bits per heavy atom. The quantitative estimate of drug-likeness (QED) is 0.856. The molecule has 2 nitrogen and oxygen atoms in total. The van der Waals surface area contributed by atoms with Gasteiger partial charge in [-0.25, -0.2) is 0 Å². The number of rotatable bonds is 3. The first-order valence-corrected chi connectivity index (χ1v) is 7.34. The van der Waals surface area contributed by atoms with Crippen LogP contribution < -0.4 is 5.32 Å². The van der Waals surface area contributed by atoms with Gasteiger partial charge in [0, 0.05) is 5.69 Å². The second-order valence-corrected chi connectivity index (χ2v) is 6.76. The fourth-order valence-corrected chi connectivity index (χ4v) is 3.02. The van der Waals surface area contributed by atoms with Gasteiger partial charge in [-0.3, -0.25) is 4.79 Å². The summed E-state index contributed by atoms with van der Waals surface area (Å²) in [6.07, 6.45) is 0. The van der Waals surface area contributed by atoms with E-state index in [1.165, 1.54) is 11.3 Å². The molecule has 1 aromatic heterocycles. The second kappa shape index (κ2) is 5.67. The van der Waals surface area contributed by atoms with Crippen molar-refractivity contribution in [2.45, 2.75) is 19.8 Å². The zero-order valence-electron chi connectivity index (χ0n) is 10.2. The predicted octanol–water partition coefficient (Wildman–Crippen LogP) is 4.89. The van der Waals surface area contributed by atoms with Gasteiger partial charge in [-0.05, 0) is 45.6 Å². The molecule has 2 aromatic rings. The summed E-state index contributed by atoms with van der Waals surface area (Å²) >= 11 is 4.80. The molecule has 1 amide bonds. The van der Waals surface area contributed by atoms with E-state index in [1.54, 1.807) is 0 Å². The molecular weight excluding hydrogens is 310 g/mol. The van der Waals surface area contributed by atoms with Crippen molar-refractivity contribution in [2.24, 2.45) is 0 Å². The third kappa shape index (κ3) is 3.00. The summed E-state index contributed by atoms with van der Waals surface area (Å²) in [5.41, 5.74) is 2.04. The van der Waals surface area contributed by atoms with Gasteiger partial charge in [-0.1, -0.05) is 32.0 Å². The topological polar surface area (TPSA) is 29.1 Å². The van der Waals surface area contributed by atoms with E-state index in [4.69, 9.17) is 0 Å². The zero-order valence-corrected chi connectivity index (χ0v) is 12.6. The first-order chi connectivity index (χ1) is 8.58. The second-order valence-electron chi connectivity index (χ2n) is 4.30. The van der Waals surface area contributed by atoms with Crippen LogP contribution in [0.25, 0.3) is 0 Å². The molecule has 18 heavy (non-hydrogen) atoms. The monoisotopic (exact) mass is 323 g/mol. The molecule has 0 atom stereocenters. The number of halogens is 1. The van der Waals surface area contributed by atoms with Gasteiger partial charge in [0.05, 0.1) is 8.66 Å². The number of hydrogen-bond donors (Lipinski definition) is 1. The average molecular weight is 324 g/mol. The summed E-state index contributed by atoms with van der Waals surface area (Å²) in [5, 5.41) is 2.97. The average Bonchev–Trinajstić information content (AvgIpc) is 2.76. The molecule has 1 N–H and O–H groups in total. The number of nitrogens with one attached hydrogen (secondary N) is 1. The van der Waals surface area contributed by atoms with Crippen LogP contribution >= 0.6 is 27.3 Å². The summed E-state index contributed by atoms with van der Waals surface area (Å²) in [7, 11) is 0. The largest absolute Gasteiger partial charge is 0.321 e. The third-order valence-electron chi connectivity index (χ3n) is 2.63. The highest BCUT2D eigenvalue weighted by atomic mass is 79.9. The van der Waals surface area contributed by atoms with Gasteiger partial charge in [0.2, 0.25) is 0 Å². The van der Waals surface area contributed by atoms with Crippen molar-refractivity contribution in [3.8, 4) is 0 Å². The summed E-state index contributed by atoms with van der Waals surface area (Å²) in [6.45, 7) is 4.24. The molecule has 94 valence electrons. The fraction of sp³-hybridized carbons (Fsp3) is 0.214. The Balaban J connectivity index is 2.22. The van der Waals surface area contributed by atoms with E-state index in [2.05, 4.69) is 35.1 Å². The minimum absolute atomic E-state index is 0.0567. The molecule has 0 saturated heterocycles. The summed E-state index contributed by atoms with van der Waals surface area (Å²) in [4.78, 5) is 12.8. The van der Waals surface area contributed by atoms with Gasteiger partial charge in [-0.2, -0.15) is 0 Å². The predicted molar refractivity (Wildman–Crippen MR) is 80.5 cm³/mol. The lowest BCUT2D eigenvalue weighted by Crippen LogP contribution is -2.12. The summed E-state index contributed by atoms with van der Waals surface area (Å²) in [5.74, 6) is 0.329. The minimum atomic E-state index is -0.0567. The Morgan fingerprint density at radius 1 is 1.22 bits per heavy atom. The van der Waals surface area contributed by atoms with Crippen LogP contribution in [-0.2, 0) is 0 Å². The van der Waals surface area contributed by atoms with Crippen LogP contribution in [0.15, 0.2) is 40.2 Å². The Bertz CT molecular complexity index is 562. The van der Waals surface area contributed by atoms with Crippen LogP contribution in [0.2, 0.25) is 0 Å². The molecule has 0 spiro atoms. The lowest BCUT2D eigenvalue weighted by Gasteiger charge is -2.12. The maximum Gasteiger partial charge on any atom is 0.265 e. The highest BCUT2D eigenvalue weighted by molar-refractivity contribution is 9.11. The SMILES string of the molecule is CC(C)c1ccccc1NC(=O)c1ccc(Br)s1. The van der Waals surface area contributed by atoms with E-state index >= 15 is 0 Å². The zero-order chi connectivity index (χ0) is 13.1. The van der Waals surface area contributed by atoms with Crippen LogP contribution in [-0.4, -0.2) is 5.91 Å². The van der Waals surface area contributed by atoms with Crippen LogP contribution in [0.4, 0.5) is 5.69 Å². The molecule has 0 aliphatic carbocycles. The third-order valence-corrected chi connectivity index (χ3v) is 4.25. The number of para-hydroxylation sites is 1. The van der Waals surface area contributed by atoms with Gasteiger partial charge in [0.15, 0.2) is 0 Å². The number of hydrogen-bond acceptors (Lipinski definition) is 2. The van der Waals surface area contributed by atoms with Crippen LogP contribution in [0.5, 0.6) is 0 Å². The van der Waals surface area contributed by atoms with Crippen LogP contribution in [0.3, 0.4) is 0 Å². The lowest BCUT2D eigenvalue weighted by molar-refractivity contribution is 0.103. The van der Waals surface area contributed by atoms with Crippen molar-refractivity contribution in [1.82, 2.24) is 0 Å². The van der Waals surface area contributed by atoms with E-state index in [9.17, 15) is 4.79 Å². The smallest absolute Gasteiger partial charge is 0.265 e. The molecule has 0 aliphatic rings. The number of anilines is 1. The van der Waals surface area contributed by atoms with E-state index in [1.807, 2.05) is 36.4 Å². The Morgan fingerprint density at radius 2 is 1.94 bits per heavy atom. The standard InChI is InChI=1S/C14H14BrNOS/c1-9(2)10-5-3-4-6-11(10)16-14(17)12-7-8-13(15)18-12/h3-9H,1-2H3,(H,16,17). The molecule has 0 aliphatic heterocycles. The number of thiophene rings is 1. The number of carbonyl (C=O) groups is 1. The van der Waals surface area contributed by atoms with E-state index < -0.39 is 0 Å². The van der Waals surface area contributed by atoms with Crippen molar-refractivity contribution in [3.63, 3.8) is 0 Å². The van der Waals surface area contributed by atoms with Crippen molar-refractivity contribution < 1.29 is 4.79 Å². The highest BCUT2D eigenvalue weighted by Gasteiger charge is 2.12. The Hall–Kier alpha value is -1.13. The Kier molecular flexibility index (Phi) is 4.19. The molecule has 0 saturated carbocycles. The van der Waals surface area contributed by atoms with E-state index in [-0.39, 0.29) is 5.91 Å². The molecule has 0 radical (unpaired) electrons. The molecule has 0 bridgehead atoms. The summed E-state index contributed by atoms with van der Waals surface area (Å²) in [6, 6.07) is 11.6. The van der Waals surface area contributed by atoms with Crippen molar-refractivity contribution in [3.05, 3.63) is 50.6 Å². The lowest BCUT2D eigenvalue weighted by atomic mass is 10.0. The molecule has 0 unspecified atom stereocenters. The van der Waals surface area contributed by atoms with Crippen molar-refractivity contribution in [2.75, 3.05) is 5.32 Å². The number of benzene rings is 1. The first kappa shape index (κ1) is 13.3. The van der Waals surface area contributed by atoms with Crippen molar-refractivity contribution >= 4 is 38.9 Å². The van der Waals surface area contributed by atoms with Gasteiger partial charge in [0.25, 0.3) is 5.91 Å². The summed E-state index contributed by atoms with van der Waals surface area (Å²) < 4.78 is 0.963. The van der Waals surface area contributed by atoms with Gasteiger partial charge in [-0.15, -0.1) is 11.3 Å². The molecule has 4 heteroatoms. The van der Waals surface area contributed by atoms with Gasteiger partial charge < -0.3 is 5.32 Å². The van der Waals surface area contributed by atoms with Crippen LogP contribution in [0.1, 0.15) is 35.0 Å². The highest BCUT2D eigenvalue weighted by Crippen LogP contribution is 2.26.